The van der Waals surface area contributed by atoms with Crippen LogP contribution < -0.4 is 15.4 Å². The summed E-state index contributed by atoms with van der Waals surface area (Å²) in [5.41, 5.74) is 1.15. The van der Waals surface area contributed by atoms with Crippen LogP contribution in [0.1, 0.15) is 44.6 Å². The van der Waals surface area contributed by atoms with Crippen LogP contribution in [0.15, 0.2) is 23.3 Å². The van der Waals surface area contributed by atoms with E-state index in [0.29, 0.717) is 12.6 Å². The van der Waals surface area contributed by atoms with Crippen LogP contribution in [0.3, 0.4) is 0 Å². The first-order chi connectivity index (χ1) is 10.3. The Morgan fingerprint density at radius 3 is 2.90 bits per heavy atom. The number of pyridine rings is 1. The lowest BCUT2D eigenvalue weighted by Crippen LogP contribution is -2.37. The molecule has 2 N–H and O–H groups in total. The molecule has 1 fully saturated rings. The van der Waals surface area contributed by atoms with Gasteiger partial charge in [0, 0.05) is 32.4 Å². The second-order valence-corrected chi connectivity index (χ2v) is 5.38. The van der Waals surface area contributed by atoms with Crippen LogP contribution in [0.4, 0.5) is 0 Å². The fourth-order valence-electron chi connectivity index (χ4n) is 2.45. The van der Waals surface area contributed by atoms with E-state index in [-0.39, 0.29) is 0 Å². The number of nitrogens with zero attached hydrogens (tertiary/aromatic N) is 2. The summed E-state index contributed by atoms with van der Waals surface area (Å²) in [5, 5.41) is 6.55. The number of hydrogen-bond donors (Lipinski definition) is 2. The number of aliphatic imine (C=N–C) groups is 1. The van der Waals surface area contributed by atoms with Crippen LogP contribution in [0.25, 0.3) is 0 Å². The zero-order valence-corrected chi connectivity index (χ0v) is 13.1. The molecule has 1 saturated carbocycles. The first-order valence-electron chi connectivity index (χ1n) is 7.88. The summed E-state index contributed by atoms with van der Waals surface area (Å²) in [7, 11) is 1.78. The van der Waals surface area contributed by atoms with Gasteiger partial charge in [-0.2, -0.15) is 0 Å². The van der Waals surface area contributed by atoms with E-state index in [1.54, 1.807) is 7.05 Å². The average Bonchev–Trinajstić information content (AvgIpc) is 3.01. The quantitative estimate of drug-likeness (QED) is 0.624. The van der Waals surface area contributed by atoms with Crippen LogP contribution in [-0.4, -0.2) is 30.6 Å². The molecule has 1 aromatic heterocycles. The molecule has 1 aromatic rings. The number of nitrogens with one attached hydrogen (secondary N) is 2. The molecular weight excluding hydrogens is 264 g/mol. The van der Waals surface area contributed by atoms with Gasteiger partial charge in [-0.1, -0.05) is 6.92 Å². The molecule has 0 aromatic carbocycles. The molecule has 116 valence electrons. The fourth-order valence-corrected chi connectivity index (χ4v) is 2.45. The van der Waals surface area contributed by atoms with Gasteiger partial charge >= 0.3 is 0 Å². The van der Waals surface area contributed by atoms with Gasteiger partial charge in [-0.25, -0.2) is 4.98 Å². The molecule has 1 aliphatic carbocycles. The average molecular weight is 290 g/mol. The Bertz CT molecular complexity index is 455. The second-order valence-electron chi connectivity index (χ2n) is 5.38. The van der Waals surface area contributed by atoms with Crippen molar-refractivity contribution in [3.8, 4) is 5.88 Å². The first-order valence-corrected chi connectivity index (χ1v) is 7.88. The zero-order chi connectivity index (χ0) is 14.9. The van der Waals surface area contributed by atoms with Crippen molar-refractivity contribution in [2.24, 2.45) is 4.99 Å². The van der Waals surface area contributed by atoms with E-state index in [9.17, 15) is 0 Å². The van der Waals surface area contributed by atoms with E-state index < -0.39 is 0 Å². The predicted octanol–water partition coefficient (Wildman–Crippen LogP) is 2.48. The molecular formula is C16H26N4O. The Morgan fingerprint density at radius 2 is 2.19 bits per heavy atom. The summed E-state index contributed by atoms with van der Waals surface area (Å²) < 4.78 is 5.93. The van der Waals surface area contributed by atoms with E-state index in [1.165, 1.54) is 12.8 Å². The molecule has 0 saturated heterocycles. The van der Waals surface area contributed by atoms with Gasteiger partial charge in [-0.3, -0.25) is 4.99 Å². The highest BCUT2D eigenvalue weighted by atomic mass is 16.5. The number of rotatable bonds is 6. The molecule has 0 radical (unpaired) electrons. The van der Waals surface area contributed by atoms with Gasteiger partial charge in [0.05, 0.1) is 0 Å². The Hall–Kier alpha value is -1.78. The maximum atomic E-state index is 5.93. The monoisotopic (exact) mass is 290 g/mol. The Labute approximate surface area is 127 Å². The van der Waals surface area contributed by atoms with Gasteiger partial charge in [-0.05, 0) is 43.7 Å². The van der Waals surface area contributed by atoms with E-state index in [2.05, 4.69) is 27.5 Å². The highest BCUT2D eigenvalue weighted by Gasteiger charge is 2.16. The van der Waals surface area contributed by atoms with Gasteiger partial charge in [-0.15, -0.1) is 0 Å². The molecule has 0 spiro atoms. The SMILES string of the molecule is CCCNC(=NC)NCc1ccnc(OC2CCCC2)c1. The van der Waals surface area contributed by atoms with Crippen molar-refractivity contribution in [1.82, 2.24) is 15.6 Å². The van der Waals surface area contributed by atoms with Crippen molar-refractivity contribution in [2.45, 2.75) is 51.7 Å². The minimum atomic E-state index is 0.347. The van der Waals surface area contributed by atoms with E-state index >= 15 is 0 Å². The second kappa shape index (κ2) is 8.49. The van der Waals surface area contributed by atoms with Crippen molar-refractivity contribution in [3.05, 3.63) is 23.9 Å². The molecule has 0 bridgehead atoms. The van der Waals surface area contributed by atoms with E-state index in [0.717, 1.165) is 43.2 Å². The summed E-state index contributed by atoms with van der Waals surface area (Å²) in [4.78, 5) is 8.50. The standard InChI is InChI=1S/C16H26N4O/c1-3-9-19-16(17-2)20-12-13-8-10-18-15(11-13)21-14-6-4-5-7-14/h8,10-11,14H,3-7,9,12H2,1-2H3,(H2,17,19,20). The van der Waals surface area contributed by atoms with Crippen molar-refractivity contribution >= 4 is 5.96 Å². The molecule has 21 heavy (non-hydrogen) atoms. The number of aromatic nitrogens is 1. The highest BCUT2D eigenvalue weighted by Crippen LogP contribution is 2.23. The van der Waals surface area contributed by atoms with E-state index in [1.807, 2.05) is 18.3 Å². The minimum Gasteiger partial charge on any atom is -0.474 e. The van der Waals surface area contributed by atoms with Gasteiger partial charge < -0.3 is 15.4 Å². The number of hydrogen-bond acceptors (Lipinski definition) is 3. The lowest BCUT2D eigenvalue weighted by atomic mass is 10.2. The topological polar surface area (TPSA) is 58.5 Å². The van der Waals surface area contributed by atoms with Gasteiger partial charge in [0.2, 0.25) is 5.88 Å². The highest BCUT2D eigenvalue weighted by molar-refractivity contribution is 5.79. The molecule has 5 heteroatoms. The summed E-state index contributed by atoms with van der Waals surface area (Å²) in [6.45, 7) is 3.77. The van der Waals surface area contributed by atoms with Crippen molar-refractivity contribution in [2.75, 3.05) is 13.6 Å². The van der Waals surface area contributed by atoms with E-state index in [4.69, 9.17) is 4.74 Å². The van der Waals surface area contributed by atoms with Crippen LogP contribution in [0.2, 0.25) is 0 Å². The molecule has 0 unspecified atom stereocenters. The van der Waals surface area contributed by atoms with Gasteiger partial charge in [0.15, 0.2) is 5.96 Å². The fraction of sp³-hybridized carbons (Fsp3) is 0.625. The first kappa shape index (κ1) is 15.6. The third-order valence-corrected chi connectivity index (χ3v) is 3.61. The minimum absolute atomic E-state index is 0.347. The van der Waals surface area contributed by atoms with Crippen LogP contribution in [0, 0.1) is 0 Å². The van der Waals surface area contributed by atoms with Gasteiger partial charge in [0.25, 0.3) is 0 Å². The smallest absolute Gasteiger partial charge is 0.213 e. The molecule has 5 nitrogen and oxygen atoms in total. The molecule has 1 heterocycles. The Kier molecular flexibility index (Phi) is 6.31. The predicted molar refractivity (Wildman–Crippen MR) is 85.6 cm³/mol. The van der Waals surface area contributed by atoms with Gasteiger partial charge in [0.1, 0.15) is 6.10 Å². The number of guanidine groups is 1. The maximum Gasteiger partial charge on any atom is 0.213 e. The normalized spacial score (nSPS) is 16.0. The largest absolute Gasteiger partial charge is 0.474 e. The molecule has 0 aliphatic heterocycles. The summed E-state index contributed by atoms with van der Waals surface area (Å²) in [6.07, 6.45) is 8.07. The summed E-state index contributed by atoms with van der Waals surface area (Å²) >= 11 is 0. The van der Waals surface area contributed by atoms with Crippen LogP contribution >= 0.6 is 0 Å². The Morgan fingerprint density at radius 1 is 1.38 bits per heavy atom. The third-order valence-electron chi connectivity index (χ3n) is 3.61. The van der Waals surface area contributed by atoms with Crippen LogP contribution in [-0.2, 0) is 6.54 Å². The summed E-state index contributed by atoms with van der Waals surface area (Å²) in [5.74, 6) is 1.56. The maximum absolute atomic E-state index is 5.93. The van der Waals surface area contributed by atoms with Crippen LogP contribution in [0.5, 0.6) is 5.88 Å². The number of ether oxygens (including phenoxy) is 1. The molecule has 1 aliphatic rings. The lowest BCUT2D eigenvalue weighted by molar-refractivity contribution is 0.201. The molecule has 2 rings (SSSR count). The van der Waals surface area contributed by atoms with Crippen molar-refractivity contribution < 1.29 is 4.74 Å². The Balaban J connectivity index is 1.85. The molecule has 0 amide bonds. The summed E-state index contributed by atoms with van der Waals surface area (Å²) in [6, 6.07) is 4.01. The van der Waals surface area contributed by atoms with Crippen molar-refractivity contribution in [3.63, 3.8) is 0 Å². The molecule has 0 atom stereocenters. The van der Waals surface area contributed by atoms with Crippen molar-refractivity contribution in [1.29, 1.82) is 0 Å². The third kappa shape index (κ3) is 5.25. The lowest BCUT2D eigenvalue weighted by Gasteiger charge is -2.14. The zero-order valence-electron chi connectivity index (χ0n) is 13.1.